The van der Waals surface area contributed by atoms with Crippen molar-refractivity contribution in [2.75, 3.05) is 12.4 Å². The molecule has 0 amide bonds. The van der Waals surface area contributed by atoms with E-state index in [2.05, 4.69) is 6.92 Å². The van der Waals surface area contributed by atoms with Gasteiger partial charge in [-0.3, -0.25) is 0 Å². The van der Waals surface area contributed by atoms with Gasteiger partial charge < -0.3 is 4.18 Å². The summed E-state index contributed by atoms with van der Waals surface area (Å²) < 4.78 is 5.22. The molecule has 0 aliphatic carbocycles. The minimum absolute atomic E-state index is 0.835. The van der Waals surface area contributed by atoms with Crippen LogP contribution in [0.3, 0.4) is 0 Å². The number of unbranched alkanes of at least 4 members (excludes halogenated alkanes) is 8. The second-order valence-electron chi connectivity index (χ2n) is 4.06. The van der Waals surface area contributed by atoms with Crippen molar-refractivity contribution in [1.29, 1.82) is 0 Å². The van der Waals surface area contributed by atoms with Crippen molar-refractivity contribution < 1.29 is 4.18 Å². The van der Waals surface area contributed by atoms with Gasteiger partial charge in [-0.2, -0.15) is 0 Å². The summed E-state index contributed by atoms with van der Waals surface area (Å²) in [5.74, 6) is 1.17. The smallest absolute Gasteiger partial charge is 0.0585 e. The van der Waals surface area contributed by atoms with Crippen LogP contribution in [0.2, 0.25) is 0 Å². The predicted molar refractivity (Wildman–Crippen MR) is 71.3 cm³/mol. The summed E-state index contributed by atoms with van der Waals surface area (Å²) in [6, 6.07) is 0. The summed E-state index contributed by atoms with van der Waals surface area (Å²) in [5, 5.41) is 0. The van der Waals surface area contributed by atoms with Crippen molar-refractivity contribution in [3.8, 4) is 0 Å². The van der Waals surface area contributed by atoms with Crippen molar-refractivity contribution in [2.45, 2.75) is 71.6 Å². The van der Waals surface area contributed by atoms with Crippen molar-refractivity contribution in [3.63, 3.8) is 0 Å². The maximum atomic E-state index is 5.22. The van der Waals surface area contributed by atoms with Gasteiger partial charge in [-0.15, -0.1) is 0 Å². The summed E-state index contributed by atoms with van der Waals surface area (Å²) >= 11 is 1.63. The van der Waals surface area contributed by atoms with E-state index in [1.54, 1.807) is 12.0 Å². The van der Waals surface area contributed by atoms with Crippen LogP contribution >= 0.6 is 12.0 Å². The molecule has 0 N–H and O–H groups in total. The highest BCUT2D eigenvalue weighted by Crippen LogP contribution is 2.12. The fraction of sp³-hybridized carbons (Fsp3) is 1.00. The second kappa shape index (κ2) is 14.3. The molecule has 0 radical (unpaired) electrons. The predicted octanol–water partition coefficient (Wildman–Crippen LogP) is 5.20. The molecule has 0 aromatic rings. The molecule has 0 aliphatic rings. The Kier molecular flexibility index (Phi) is 14.6. The zero-order valence-corrected chi connectivity index (χ0v) is 11.4. The minimum atomic E-state index is 0.835. The first-order valence-electron chi connectivity index (χ1n) is 6.66. The molecule has 15 heavy (non-hydrogen) atoms. The molecule has 0 heterocycles. The Bertz CT molecular complexity index is 94.7. The Balaban J connectivity index is 2.81. The maximum Gasteiger partial charge on any atom is 0.0585 e. The third-order valence-corrected chi connectivity index (χ3v) is 3.39. The van der Waals surface area contributed by atoms with Gasteiger partial charge in [0, 0.05) is 5.75 Å². The quantitative estimate of drug-likeness (QED) is 0.338. The van der Waals surface area contributed by atoms with Crippen LogP contribution in [-0.2, 0) is 4.18 Å². The van der Waals surface area contributed by atoms with Crippen LogP contribution in [-0.4, -0.2) is 12.4 Å². The highest BCUT2D eigenvalue weighted by Gasteiger charge is 1.92. The zero-order valence-electron chi connectivity index (χ0n) is 10.6. The number of hydrogen-bond acceptors (Lipinski definition) is 2. The van der Waals surface area contributed by atoms with Gasteiger partial charge in [0.05, 0.1) is 6.61 Å². The van der Waals surface area contributed by atoms with Gasteiger partial charge in [-0.1, -0.05) is 58.3 Å². The van der Waals surface area contributed by atoms with E-state index in [9.17, 15) is 0 Å². The first-order valence-corrected chi connectivity index (χ1v) is 7.57. The maximum absolute atomic E-state index is 5.22. The molecule has 92 valence electrons. The van der Waals surface area contributed by atoms with Gasteiger partial charge in [0.25, 0.3) is 0 Å². The molecule has 0 aliphatic heterocycles. The van der Waals surface area contributed by atoms with Gasteiger partial charge >= 0.3 is 0 Å². The molecular formula is C13H28OS. The van der Waals surface area contributed by atoms with Crippen LogP contribution < -0.4 is 0 Å². The molecule has 0 unspecified atom stereocenters. The van der Waals surface area contributed by atoms with Gasteiger partial charge in [0.1, 0.15) is 0 Å². The second-order valence-corrected chi connectivity index (χ2v) is 4.94. The van der Waals surface area contributed by atoms with E-state index >= 15 is 0 Å². The first kappa shape index (κ1) is 15.3. The summed E-state index contributed by atoms with van der Waals surface area (Å²) in [7, 11) is 0. The van der Waals surface area contributed by atoms with Gasteiger partial charge in [-0.05, 0) is 25.4 Å². The van der Waals surface area contributed by atoms with Crippen LogP contribution in [0.4, 0.5) is 0 Å². The first-order chi connectivity index (χ1) is 7.41. The normalized spacial score (nSPS) is 10.8. The molecule has 2 heteroatoms. The lowest BCUT2D eigenvalue weighted by molar-refractivity contribution is 0.401. The Hall–Kier alpha value is 0.310. The average molecular weight is 232 g/mol. The number of rotatable bonds is 12. The van der Waals surface area contributed by atoms with Crippen molar-refractivity contribution >= 4 is 12.0 Å². The van der Waals surface area contributed by atoms with Crippen molar-refractivity contribution in [2.24, 2.45) is 0 Å². The molecule has 0 saturated carbocycles. The van der Waals surface area contributed by atoms with E-state index in [1.807, 2.05) is 6.92 Å². The van der Waals surface area contributed by atoms with Crippen LogP contribution in [0, 0.1) is 0 Å². The van der Waals surface area contributed by atoms with Gasteiger partial charge in [-0.25, -0.2) is 0 Å². The molecular weight excluding hydrogens is 204 g/mol. The van der Waals surface area contributed by atoms with Gasteiger partial charge in [0.2, 0.25) is 0 Å². The Morgan fingerprint density at radius 1 is 0.733 bits per heavy atom. The van der Waals surface area contributed by atoms with E-state index in [0.717, 1.165) is 6.61 Å². The van der Waals surface area contributed by atoms with Crippen LogP contribution in [0.25, 0.3) is 0 Å². The van der Waals surface area contributed by atoms with E-state index < -0.39 is 0 Å². The largest absolute Gasteiger partial charge is 0.316 e. The molecule has 0 fully saturated rings. The third kappa shape index (κ3) is 14.3. The standard InChI is InChI=1S/C13H28OS/c1-3-5-6-7-8-9-10-11-12-13-15-14-4-2/h3-13H2,1-2H3. The fourth-order valence-electron chi connectivity index (χ4n) is 1.61. The zero-order chi connectivity index (χ0) is 11.2. The summed E-state index contributed by atoms with van der Waals surface area (Å²) in [6.07, 6.45) is 12.7. The summed E-state index contributed by atoms with van der Waals surface area (Å²) in [4.78, 5) is 0. The number of hydrogen-bond donors (Lipinski definition) is 0. The van der Waals surface area contributed by atoms with Crippen LogP contribution in [0.15, 0.2) is 0 Å². The lowest BCUT2D eigenvalue weighted by Crippen LogP contribution is -1.85. The highest BCUT2D eigenvalue weighted by molar-refractivity contribution is 7.94. The average Bonchev–Trinajstić information content (AvgIpc) is 2.26. The fourth-order valence-corrected chi connectivity index (χ4v) is 2.22. The Morgan fingerprint density at radius 3 is 1.80 bits per heavy atom. The highest BCUT2D eigenvalue weighted by atomic mass is 32.2. The summed E-state index contributed by atoms with van der Waals surface area (Å²) in [5.41, 5.74) is 0. The lowest BCUT2D eigenvalue weighted by Gasteiger charge is -2.01. The Morgan fingerprint density at radius 2 is 1.27 bits per heavy atom. The van der Waals surface area contributed by atoms with E-state index in [4.69, 9.17) is 4.18 Å². The molecule has 0 spiro atoms. The summed E-state index contributed by atoms with van der Waals surface area (Å²) in [6.45, 7) is 5.15. The molecule has 0 saturated heterocycles. The van der Waals surface area contributed by atoms with E-state index in [-0.39, 0.29) is 0 Å². The SMILES string of the molecule is CCCCCCCCCCCSOCC. The monoisotopic (exact) mass is 232 g/mol. The van der Waals surface area contributed by atoms with E-state index in [0.29, 0.717) is 0 Å². The van der Waals surface area contributed by atoms with Crippen molar-refractivity contribution in [3.05, 3.63) is 0 Å². The Labute approximate surface area is 101 Å². The minimum Gasteiger partial charge on any atom is -0.316 e. The molecule has 0 aromatic heterocycles. The lowest BCUT2D eigenvalue weighted by atomic mass is 10.1. The molecule has 0 aromatic carbocycles. The third-order valence-electron chi connectivity index (χ3n) is 2.53. The van der Waals surface area contributed by atoms with Crippen LogP contribution in [0.5, 0.6) is 0 Å². The molecule has 0 bridgehead atoms. The van der Waals surface area contributed by atoms with Crippen molar-refractivity contribution in [1.82, 2.24) is 0 Å². The molecule has 1 nitrogen and oxygen atoms in total. The van der Waals surface area contributed by atoms with E-state index in [1.165, 1.54) is 63.5 Å². The van der Waals surface area contributed by atoms with Gasteiger partial charge in [0.15, 0.2) is 0 Å². The van der Waals surface area contributed by atoms with Crippen LogP contribution in [0.1, 0.15) is 71.6 Å². The molecule has 0 rings (SSSR count). The topological polar surface area (TPSA) is 9.23 Å². The molecule has 0 atom stereocenters.